The number of thioether (sulfide) groups is 1. The second kappa shape index (κ2) is 11.3. The molecule has 0 atom stereocenters. The van der Waals surface area contributed by atoms with Crippen LogP contribution in [0, 0.1) is 5.82 Å². The number of amides is 1. The number of hydrogen-bond acceptors (Lipinski definition) is 7. The van der Waals surface area contributed by atoms with Crippen LogP contribution in [-0.2, 0) is 4.79 Å². The number of carbonyl (C=O) groups is 1. The normalized spacial score (nSPS) is 10.7. The number of anilines is 3. The van der Waals surface area contributed by atoms with Gasteiger partial charge in [-0.25, -0.2) is 14.4 Å². The molecule has 0 saturated carbocycles. The van der Waals surface area contributed by atoms with E-state index in [4.69, 9.17) is 9.72 Å². The van der Waals surface area contributed by atoms with Gasteiger partial charge in [-0.2, -0.15) is 12.6 Å². The maximum Gasteiger partial charge on any atom is 0.225 e. The zero-order valence-electron chi connectivity index (χ0n) is 19.1. The number of nitrogens with zero attached hydrogens (tertiary/aromatic N) is 2. The molecule has 10 heteroatoms. The first-order valence-corrected chi connectivity index (χ1v) is 12.6. The third kappa shape index (κ3) is 5.95. The number of pyridine rings is 1. The number of halogens is 1. The molecule has 35 heavy (non-hydrogen) atoms. The fraction of sp³-hybridized carbons (Fsp3) is 0.160. The number of rotatable bonds is 9. The molecule has 0 fully saturated rings. The molecule has 7 nitrogen and oxygen atoms in total. The zero-order valence-corrected chi connectivity index (χ0v) is 20.8. The van der Waals surface area contributed by atoms with E-state index in [-0.39, 0.29) is 11.7 Å². The number of H-pyrrole nitrogens is 1. The van der Waals surface area contributed by atoms with Gasteiger partial charge in [-0.3, -0.25) is 4.79 Å². The van der Waals surface area contributed by atoms with Crippen LogP contribution in [0.1, 0.15) is 6.42 Å². The van der Waals surface area contributed by atoms with Crippen molar-refractivity contribution in [2.45, 2.75) is 11.6 Å². The van der Waals surface area contributed by atoms with Gasteiger partial charge in [0, 0.05) is 29.4 Å². The molecule has 0 bridgehead atoms. The minimum atomic E-state index is -0.298. The monoisotopic (exact) mass is 509 g/mol. The number of aromatic nitrogens is 3. The largest absolute Gasteiger partial charge is 0.495 e. The molecule has 0 unspecified atom stereocenters. The highest BCUT2D eigenvalue weighted by Crippen LogP contribution is 2.35. The van der Waals surface area contributed by atoms with Crippen molar-refractivity contribution in [3.05, 3.63) is 66.6 Å². The lowest BCUT2D eigenvalue weighted by Crippen LogP contribution is -2.12. The van der Waals surface area contributed by atoms with Crippen LogP contribution in [0.4, 0.5) is 21.6 Å². The molecular formula is C25H24FN5O2S2. The van der Waals surface area contributed by atoms with E-state index in [0.29, 0.717) is 35.1 Å². The number of imidazole rings is 1. The molecule has 0 saturated heterocycles. The summed E-state index contributed by atoms with van der Waals surface area (Å²) >= 11 is 5.59. The third-order valence-electron chi connectivity index (χ3n) is 5.13. The number of thiol groups is 1. The van der Waals surface area contributed by atoms with E-state index in [1.165, 1.54) is 23.9 Å². The molecule has 0 aliphatic carbocycles. The molecule has 3 N–H and O–H groups in total. The van der Waals surface area contributed by atoms with Crippen LogP contribution < -0.4 is 15.4 Å². The van der Waals surface area contributed by atoms with Crippen LogP contribution in [0.2, 0.25) is 0 Å². The van der Waals surface area contributed by atoms with Crippen LogP contribution in [0.3, 0.4) is 0 Å². The molecule has 4 rings (SSSR count). The summed E-state index contributed by atoms with van der Waals surface area (Å²) in [4.78, 5) is 24.5. The van der Waals surface area contributed by atoms with Gasteiger partial charge in [0.1, 0.15) is 17.4 Å². The first kappa shape index (κ1) is 24.6. The van der Waals surface area contributed by atoms with Crippen molar-refractivity contribution in [3.63, 3.8) is 0 Å². The zero-order chi connectivity index (χ0) is 24.8. The highest BCUT2D eigenvalue weighted by Gasteiger charge is 2.16. The van der Waals surface area contributed by atoms with Gasteiger partial charge in [-0.05, 0) is 66.6 Å². The van der Waals surface area contributed by atoms with Gasteiger partial charge in [0.15, 0.2) is 5.16 Å². The number of aromatic amines is 1. The lowest BCUT2D eigenvalue weighted by molar-refractivity contribution is -0.115. The van der Waals surface area contributed by atoms with Crippen LogP contribution in [0.25, 0.3) is 22.5 Å². The van der Waals surface area contributed by atoms with Crippen molar-refractivity contribution in [1.82, 2.24) is 15.0 Å². The highest BCUT2D eigenvalue weighted by atomic mass is 32.2. The van der Waals surface area contributed by atoms with Gasteiger partial charge in [-0.15, -0.1) is 0 Å². The Morgan fingerprint density at radius 3 is 2.66 bits per heavy atom. The quantitative estimate of drug-likeness (QED) is 0.163. The predicted octanol–water partition coefficient (Wildman–Crippen LogP) is 6.01. The fourth-order valence-corrected chi connectivity index (χ4v) is 4.06. The lowest BCUT2D eigenvalue weighted by Gasteiger charge is -2.14. The van der Waals surface area contributed by atoms with Crippen molar-refractivity contribution in [1.29, 1.82) is 0 Å². The van der Waals surface area contributed by atoms with Crippen molar-refractivity contribution in [2.75, 3.05) is 29.8 Å². The van der Waals surface area contributed by atoms with Crippen LogP contribution in [0.15, 0.2) is 66.0 Å². The van der Waals surface area contributed by atoms with Gasteiger partial charge in [0.25, 0.3) is 0 Å². The first-order valence-electron chi connectivity index (χ1n) is 10.7. The fourth-order valence-electron chi connectivity index (χ4n) is 3.48. The van der Waals surface area contributed by atoms with Crippen LogP contribution in [-0.4, -0.2) is 40.0 Å². The Kier molecular flexibility index (Phi) is 7.94. The van der Waals surface area contributed by atoms with Crippen molar-refractivity contribution >= 4 is 47.5 Å². The van der Waals surface area contributed by atoms with E-state index in [1.807, 2.05) is 18.4 Å². The molecule has 180 valence electrons. The number of nitrogens with one attached hydrogen (secondary N) is 3. The third-order valence-corrected chi connectivity index (χ3v) is 5.93. The van der Waals surface area contributed by atoms with Gasteiger partial charge in [0.05, 0.1) is 24.2 Å². The number of benzene rings is 2. The standard InChI is InChI=1S/C25H24FN5O2S2/c1-33-20-8-7-18(28-22(32)10-12-34)14-19(20)29-21-13-16(9-11-27-21)24-23(30-25(31-24)35-2)15-3-5-17(26)6-4-15/h3-9,11,13-14,34H,10,12H2,1-2H3,(H,27,29)(H,28,32)(H,30,31). The van der Waals surface area contributed by atoms with Crippen molar-refractivity contribution in [2.24, 2.45) is 0 Å². The van der Waals surface area contributed by atoms with Gasteiger partial charge < -0.3 is 20.4 Å². The Labute approximate surface area is 212 Å². The average Bonchev–Trinajstić information content (AvgIpc) is 3.30. The average molecular weight is 510 g/mol. The van der Waals surface area contributed by atoms with E-state index in [1.54, 1.807) is 43.6 Å². The molecule has 0 radical (unpaired) electrons. The summed E-state index contributed by atoms with van der Waals surface area (Å²) in [5.74, 6) is 1.22. The molecule has 4 aromatic rings. The topological polar surface area (TPSA) is 91.9 Å². The Balaban J connectivity index is 1.66. The minimum absolute atomic E-state index is 0.118. The van der Waals surface area contributed by atoms with E-state index in [0.717, 1.165) is 27.7 Å². The maximum absolute atomic E-state index is 13.5. The summed E-state index contributed by atoms with van der Waals surface area (Å²) in [5, 5.41) is 6.87. The lowest BCUT2D eigenvalue weighted by atomic mass is 10.1. The predicted molar refractivity (Wildman–Crippen MR) is 142 cm³/mol. The van der Waals surface area contributed by atoms with E-state index >= 15 is 0 Å². The molecule has 0 aliphatic rings. The smallest absolute Gasteiger partial charge is 0.225 e. The van der Waals surface area contributed by atoms with Crippen LogP contribution >= 0.6 is 24.4 Å². The number of hydrogen-bond donors (Lipinski definition) is 4. The molecule has 2 aromatic heterocycles. The molecular weight excluding hydrogens is 485 g/mol. The second-order valence-corrected chi connectivity index (χ2v) is 8.71. The maximum atomic E-state index is 13.5. The number of ether oxygens (including phenoxy) is 1. The number of carbonyl (C=O) groups excluding carboxylic acids is 1. The summed E-state index contributed by atoms with van der Waals surface area (Å²) in [6.45, 7) is 0. The SMILES string of the molecule is COc1ccc(NC(=O)CCS)cc1Nc1cc(-c2nc(SC)[nH]c2-c2ccc(F)cc2)ccn1. The number of methoxy groups -OCH3 is 1. The van der Waals surface area contributed by atoms with Crippen molar-refractivity contribution < 1.29 is 13.9 Å². The van der Waals surface area contributed by atoms with E-state index in [2.05, 4.69) is 33.2 Å². The Morgan fingerprint density at radius 2 is 1.94 bits per heavy atom. The molecule has 1 amide bonds. The second-order valence-electron chi connectivity index (χ2n) is 7.47. The summed E-state index contributed by atoms with van der Waals surface area (Å²) in [7, 11) is 1.58. The minimum Gasteiger partial charge on any atom is -0.495 e. The van der Waals surface area contributed by atoms with Crippen LogP contribution in [0.5, 0.6) is 5.75 Å². The van der Waals surface area contributed by atoms with E-state index in [9.17, 15) is 9.18 Å². The summed E-state index contributed by atoms with van der Waals surface area (Å²) in [6.07, 6.45) is 3.94. The van der Waals surface area contributed by atoms with Gasteiger partial charge in [0.2, 0.25) is 5.91 Å². The Morgan fingerprint density at radius 1 is 1.14 bits per heavy atom. The first-order chi connectivity index (χ1) is 17.0. The highest BCUT2D eigenvalue weighted by molar-refractivity contribution is 7.98. The molecule has 2 heterocycles. The summed E-state index contributed by atoms with van der Waals surface area (Å²) in [6, 6.07) is 15.3. The Hall–Kier alpha value is -3.50. The summed E-state index contributed by atoms with van der Waals surface area (Å²) < 4.78 is 19.0. The molecule has 0 aliphatic heterocycles. The molecule has 2 aromatic carbocycles. The summed E-state index contributed by atoms with van der Waals surface area (Å²) in [5.41, 5.74) is 4.45. The molecule has 0 spiro atoms. The van der Waals surface area contributed by atoms with Crippen molar-refractivity contribution in [3.8, 4) is 28.3 Å². The van der Waals surface area contributed by atoms with E-state index < -0.39 is 0 Å². The van der Waals surface area contributed by atoms with Gasteiger partial charge >= 0.3 is 0 Å². The Bertz CT molecular complexity index is 1330. The van der Waals surface area contributed by atoms with Gasteiger partial charge in [-0.1, -0.05) is 11.8 Å².